The summed E-state index contributed by atoms with van der Waals surface area (Å²) in [6, 6.07) is 7.62. The normalized spacial score (nSPS) is 11.3. The van der Waals surface area contributed by atoms with Gasteiger partial charge < -0.3 is 15.7 Å². The zero-order valence-electron chi connectivity index (χ0n) is 10.6. The average molecular weight is 236 g/mol. The van der Waals surface area contributed by atoms with Crippen LogP contribution in [0.2, 0.25) is 0 Å². The Morgan fingerprint density at radius 3 is 2.59 bits per heavy atom. The molecule has 0 spiro atoms. The summed E-state index contributed by atoms with van der Waals surface area (Å²) in [5.41, 5.74) is 1.41. The van der Waals surface area contributed by atoms with Crippen molar-refractivity contribution in [2.45, 2.75) is 26.3 Å². The number of hydrogen-bond donors (Lipinski definition) is 3. The van der Waals surface area contributed by atoms with Crippen LogP contribution in [0.15, 0.2) is 24.3 Å². The van der Waals surface area contributed by atoms with Gasteiger partial charge in [0.15, 0.2) is 0 Å². The molecule has 0 fully saturated rings. The fourth-order valence-electron chi connectivity index (χ4n) is 1.28. The summed E-state index contributed by atoms with van der Waals surface area (Å²) in [4.78, 5) is 11.7. The number of benzene rings is 1. The monoisotopic (exact) mass is 236 g/mol. The number of aryl methyl sites for hydroxylation is 1. The van der Waals surface area contributed by atoms with Crippen LogP contribution in [0.25, 0.3) is 0 Å². The first-order valence-electron chi connectivity index (χ1n) is 5.66. The first-order valence-corrected chi connectivity index (χ1v) is 5.66. The molecule has 0 radical (unpaired) electrons. The predicted molar refractivity (Wildman–Crippen MR) is 69.0 cm³/mol. The fourth-order valence-corrected chi connectivity index (χ4v) is 1.28. The van der Waals surface area contributed by atoms with E-state index in [0.717, 1.165) is 11.3 Å². The molecule has 94 valence electrons. The summed E-state index contributed by atoms with van der Waals surface area (Å²) in [6.45, 7) is 5.80. The van der Waals surface area contributed by atoms with Crippen LogP contribution in [0.1, 0.15) is 19.4 Å². The summed E-state index contributed by atoms with van der Waals surface area (Å²) >= 11 is 0. The van der Waals surface area contributed by atoms with Gasteiger partial charge in [-0.1, -0.05) is 18.2 Å². The van der Waals surface area contributed by atoms with Crippen molar-refractivity contribution >= 4 is 11.6 Å². The number of aliphatic hydroxyl groups excluding tert-OH is 1. The molecule has 0 bridgehead atoms. The van der Waals surface area contributed by atoms with Crippen molar-refractivity contribution in [2.75, 3.05) is 18.5 Å². The molecular weight excluding hydrogens is 216 g/mol. The van der Waals surface area contributed by atoms with E-state index >= 15 is 0 Å². The Bertz CT molecular complexity index is 389. The maximum absolute atomic E-state index is 11.7. The molecule has 4 heteroatoms. The molecule has 3 N–H and O–H groups in total. The lowest BCUT2D eigenvalue weighted by Gasteiger charge is -2.23. The Kier molecular flexibility index (Phi) is 4.66. The van der Waals surface area contributed by atoms with Crippen LogP contribution in [0.5, 0.6) is 0 Å². The van der Waals surface area contributed by atoms with Crippen molar-refractivity contribution in [3.8, 4) is 0 Å². The molecule has 0 aliphatic rings. The van der Waals surface area contributed by atoms with E-state index in [4.69, 9.17) is 5.11 Å². The molecule has 17 heavy (non-hydrogen) atoms. The van der Waals surface area contributed by atoms with E-state index in [2.05, 4.69) is 10.6 Å². The third kappa shape index (κ3) is 4.54. The lowest BCUT2D eigenvalue weighted by molar-refractivity contribution is -0.115. The van der Waals surface area contributed by atoms with Crippen LogP contribution >= 0.6 is 0 Å². The number of aliphatic hydroxyl groups is 1. The van der Waals surface area contributed by atoms with E-state index in [9.17, 15) is 4.79 Å². The lowest BCUT2D eigenvalue weighted by atomic mass is 10.1. The molecular formula is C13H20N2O2. The van der Waals surface area contributed by atoms with Gasteiger partial charge in [-0.3, -0.25) is 4.79 Å². The van der Waals surface area contributed by atoms with Gasteiger partial charge in [-0.2, -0.15) is 0 Å². The number of nitrogens with one attached hydrogen (secondary N) is 2. The van der Waals surface area contributed by atoms with Crippen molar-refractivity contribution in [2.24, 2.45) is 0 Å². The second-order valence-corrected chi connectivity index (χ2v) is 4.76. The molecule has 4 nitrogen and oxygen atoms in total. The van der Waals surface area contributed by atoms with Gasteiger partial charge in [-0.05, 0) is 32.4 Å². The number of carbonyl (C=O) groups is 1. The van der Waals surface area contributed by atoms with Gasteiger partial charge in [0.2, 0.25) is 5.91 Å². The second-order valence-electron chi connectivity index (χ2n) is 4.76. The van der Waals surface area contributed by atoms with Gasteiger partial charge in [0.05, 0.1) is 13.2 Å². The molecule has 0 heterocycles. The zero-order valence-corrected chi connectivity index (χ0v) is 10.6. The molecule has 1 amide bonds. The van der Waals surface area contributed by atoms with Gasteiger partial charge in [-0.15, -0.1) is 0 Å². The van der Waals surface area contributed by atoms with Gasteiger partial charge in [0.25, 0.3) is 0 Å². The van der Waals surface area contributed by atoms with Crippen LogP contribution < -0.4 is 10.6 Å². The van der Waals surface area contributed by atoms with Gasteiger partial charge in [0, 0.05) is 11.2 Å². The van der Waals surface area contributed by atoms with Crippen molar-refractivity contribution in [1.29, 1.82) is 0 Å². The fraction of sp³-hybridized carbons (Fsp3) is 0.462. The first kappa shape index (κ1) is 13.7. The van der Waals surface area contributed by atoms with Crippen molar-refractivity contribution in [3.63, 3.8) is 0 Å². The van der Waals surface area contributed by atoms with E-state index in [1.165, 1.54) is 0 Å². The van der Waals surface area contributed by atoms with Crippen LogP contribution in [0.4, 0.5) is 5.69 Å². The van der Waals surface area contributed by atoms with Crippen molar-refractivity contribution < 1.29 is 9.90 Å². The van der Waals surface area contributed by atoms with Crippen molar-refractivity contribution in [1.82, 2.24) is 5.32 Å². The Morgan fingerprint density at radius 2 is 2.00 bits per heavy atom. The summed E-state index contributed by atoms with van der Waals surface area (Å²) in [5, 5.41) is 14.9. The largest absolute Gasteiger partial charge is 0.394 e. The first-order chi connectivity index (χ1) is 7.94. The standard InChI is InChI=1S/C13H20N2O2/c1-10-6-4-5-7-11(10)15-12(17)8-14-13(2,3)9-16/h4-7,14,16H,8-9H2,1-3H3,(H,15,17). The van der Waals surface area contributed by atoms with E-state index in [1.54, 1.807) is 0 Å². The summed E-state index contributed by atoms with van der Waals surface area (Å²) in [6.07, 6.45) is 0. The highest BCUT2D eigenvalue weighted by Crippen LogP contribution is 2.12. The summed E-state index contributed by atoms with van der Waals surface area (Å²) in [5.74, 6) is -0.110. The maximum Gasteiger partial charge on any atom is 0.238 e. The Labute approximate surface area is 102 Å². The van der Waals surface area contributed by atoms with Crippen LogP contribution in [0.3, 0.4) is 0 Å². The highest BCUT2D eigenvalue weighted by atomic mass is 16.3. The van der Waals surface area contributed by atoms with Crippen LogP contribution in [0, 0.1) is 6.92 Å². The van der Waals surface area contributed by atoms with Crippen LogP contribution in [-0.4, -0.2) is 29.7 Å². The molecule has 0 saturated carbocycles. The number of amides is 1. The molecule has 0 saturated heterocycles. The van der Waals surface area contributed by atoms with E-state index in [0.29, 0.717) is 0 Å². The summed E-state index contributed by atoms with van der Waals surface area (Å²) < 4.78 is 0. The number of para-hydroxylation sites is 1. The number of rotatable bonds is 5. The smallest absolute Gasteiger partial charge is 0.238 e. The van der Waals surface area contributed by atoms with Gasteiger partial charge >= 0.3 is 0 Å². The molecule has 0 unspecified atom stereocenters. The number of anilines is 1. The van der Waals surface area contributed by atoms with E-state index in [1.807, 2.05) is 45.0 Å². The quantitative estimate of drug-likeness (QED) is 0.722. The molecule has 0 atom stereocenters. The van der Waals surface area contributed by atoms with Crippen LogP contribution in [-0.2, 0) is 4.79 Å². The minimum absolute atomic E-state index is 0.00928. The van der Waals surface area contributed by atoms with Gasteiger partial charge in [-0.25, -0.2) is 0 Å². The molecule has 0 aromatic heterocycles. The van der Waals surface area contributed by atoms with Crippen molar-refractivity contribution in [3.05, 3.63) is 29.8 Å². The SMILES string of the molecule is Cc1ccccc1NC(=O)CNC(C)(C)CO. The van der Waals surface area contributed by atoms with E-state index < -0.39 is 5.54 Å². The Balaban J connectivity index is 2.48. The minimum atomic E-state index is -0.441. The lowest BCUT2D eigenvalue weighted by Crippen LogP contribution is -2.46. The highest BCUT2D eigenvalue weighted by Gasteiger charge is 2.16. The Hall–Kier alpha value is -1.39. The molecule has 1 aromatic rings. The second kappa shape index (κ2) is 5.80. The summed E-state index contributed by atoms with van der Waals surface area (Å²) in [7, 11) is 0. The molecule has 0 aliphatic carbocycles. The third-order valence-electron chi connectivity index (χ3n) is 2.54. The molecule has 1 aromatic carbocycles. The minimum Gasteiger partial charge on any atom is -0.394 e. The molecule has 0 aliphatic heterocycles. The Morgan fingerprint density at radius 1 is 1.35 bits per heavy atom. The maximum atomic E-state index is 11.7. The molecule has 1 rings (SSSR count). The average Bonchev–Trinajstić information content (AvgIpc) is 2.30. The number of carbonyl (C=O) groups excluding carboxylic acids is 1. The predicted octanol–water partition coefficient (Wildman–Crippen LogP) is 1.29. The van der Waals surface area contributed by atoms with E-state index in [-0.39, 0.29) is 19.1 Å². The topological polar surface area (TPSA) is 61.4 Å². The zero-order chi connectivity index (χ0) is 12.9. The third-order valence-corrected chi connectivity index (χ3v) is 2.54. The van der Waals surface area contributed by atoms with Gasteiger partial charge in [0.1, 0.15) is 0 Å². The highest BCUT2D eigenvalue weighted by molar-refractivity contribution is 5.92. The number of hydrogen-bond acceptors (Lipinski definition) is 3.